The van der Waals surface area contributed by atoms with Gasteiger partial charge in [-0.3, -0.25) is 13.9 Å². The van der Waals surface area contributed by atoms with Crippen LogP contribution in [0.5, 0.6) is 0 Å². The number of amides is 2. The lowest BCUT2D eigenvalue weighted by Gasteiger charge is -2.32. The molecule has 2 unspecified atom stereocenters. The Hall–Kier alpha value is -3.36. The van der Waals surface area contributed by atoms with Gasteiger partial charge in [-0.1, -0.05) is 79.2 Å². The van der Waals surface area contributed by atoms with E-state index in [1.165, 1.54) is 17.0 Å². The van der Waals surface area contributed by atoms with Gasteiger partial charge in [-0.25, -0.2) is 8.42 Å². The Morgan fingerprint density at radius 1 is 0.895 bits per heavy atom. The van der Waals surface area contributed by atoms with E-state index in [0.717, 1.165) is 16.3 Å². The zero-order valence-electron chi connectivity index (χ0n) is 21.9. The van der Waals surface area contributed by atoms with Crippen LogP contribution in [0.1, 0.15) is 32.8 Å². The quantitative estimate of drug-likeness (QED) is 0.344. The molecule has 2 atom stereocenters. The number of rotatable bonds is 12. The van der Waals surface area contributed by atoms with E-state index in [4.69, 9.17) is 11.6 Å². The molecule has 9 heteroatoms. The second kappa shape index (κ2) is 13.4. The summed E-state index contributed by atoms with van der Waals surface area (Å²) in [6, 6.07) is 23.1. The summed E-state index contributed by atoms with van der Waals surface area (Å²) in [4.78, 5) is 28.3. The van der Waals surface area contributed by atoms with Crippen molar-refractivity contribution < 1.29 is 18.0 Å². The third-order valence-electron chi connectivity index (χ3n) is 6.38. The minimum atomic E-state index is -4.14. The van der Waals surface area contributed by atoms with Crippen LogP contribution in [0.3, 0.4) is 0 Å². The van der Waals surface area contributed by atoms with Gasteiger partial charge in [-0.05, 0) is 56.5 Å². The molecular formula is C29H34ClN3O4S. The van der Waals surface area contributed by atoms with E-state index in [-0.39, 0.29) is 34.1 Å². The number of nitrogens with one attached hydrogen (secondary N) is 1. The standard InChI is InChI=1S/C29H34ClN3O4S/c1-4-22(2)31-29(35)23(3)32(20-19-24-13-7-5-8-14-24)28(34)21-33(27-18-12-11-17-26(27)30)38(36,37)25-15-9-6-10-16-25/h5-18,22-23H,4,19-21H2,1-3H3,(H,31,35). The van der Waals surface area contributed by atoms with Crippen molar-refractivity contribution in [1.82, 2.24) is 10.2 Å². The van der Waals surface area contributed by atoms with E-state index in [0.29, 0.717) is 6.42 Å². The minimum Gasteiger partial charge on any atom is -0.352 e. The SMILES string of the molecule is CCC(C)NC(=O)C(C)N(CCc1ccccc1)C(=O)CN(c1ccccc1Cl)S(=O)(=O)c1ccccc1. The van der Waals surface area contributed by atoms with Gasteiger partial charge in [0, 0.05) is 12.6 Å². The number of carbonyl (C=O) groups is 2. The number of benzene rings is 3. The lowest BCUT2D eigenvalue weighted by atomic mass is 10.1. The summed E-state index contributed by atoms with van der Waals surface area (Å²) in [5, 5.41) is 3.12. The van der Waals surface area contributed by atoms with E-state index in [1.54, 1.807) is 49.4 Å². The number of halogens is 1. The lowest BCUT2D eigenvalue weighted by molar-refractivity contribution is -0.139. The molecule has 3 aromatic rings. The summed E-state index contributed by atoms with van der Waals surface area (Å²) in [7, 11) is -4.14. The van der Waals surface area contributed by atoms with E-state index in [2.05, 4.69) is 5.32 Å². The number of carbonyl (C=O) groups excluding carboxylic acids is 2. The zero-order chi connectivity index (χ0) is 27.7. The van der Waals surface area contributed by atoms with Crippen LogP contribution in [0.25, 0.3) is 0 Å². The first kappa shape index (κ1) is 29.2. The zero-order valence-corrected chi connectivity index (χ0v) is 23.5. The fourth-order valence-corrected chi connectivity index (χ4v) is 5.66. The van der Waals surface area contributed by atoms with Gasteiger partial charge >= 0.3 is 0 Å². The van der Waals surface area contributed by atoms with Crippen LogP contribution in [0.4, 0.5) is 5.69 Å². The fraction of sp³-hybridized carbons (Fsp3) is 0.310. The van der Waals surface area contributed by atoms with Crippen LogP contribution in [0.2, 0.25) is 5.02 Å². The van der Waals surface area contributed by atoms with Gasteiger partial charge < -0.3 is 10.2 Å². The largest absolute Gasteiger partial charge is 0.352 e. The number of nitrogens with zero attached hydrogens (tertiary/aromatic N) is 2. The Bertz CT molecular complexity index is 1320. The van der Waals surface area contributed by atoms with E-state index in [9.17, 15) is 18.0 Å². The Balaban J connectivity index is 1.97. The Morgan fingerprint density at radius 2 is 1.47 bits per heavy atom. The summed E-state index contributed by atoms with van der Waals surface area (Å²) in [5.41, 5.74) is 1.19. The van der Waals surface area contributed by atoms with Crippen molar-refractivity contribution in [2.75, 3.05) is 17.4 Å². The molecule has 0 bridgehead atoms. The molecule has 0 heterocycles. The highest BCUT2D eigenvalue weighted by Gasteiger charge is 2.33. The van der Waals surface area contributed by atoms with Crippen molar-refractivity contribution in [3.05, 3.63) is 95.5 Å². The highest BCUT2D eigenvalue weighted by molar-refractivity contribution is 7.92. The first-order valence-electron chi connectivity index (χ1n) is 12.6. The molecule has 38 heavy (non-hydrogen) atoms. The van der Waals surface area contributed by atoms with Gasteiger partial charge in [0.2, 0.25) is 11.8 Å². The average molecular weight is 556 g/mol. The second-order valence-corrected chi connectivity index (χ2v) is 11.4. The van der Waals surface area contributed by atoms with Crippen molar-refractivity contribution in [2.45, 2.75) is 50.6 Å². The monoisotopic (exact) mass is 555 g/mol. The number of para-hydroxylation sites is 1. The molecule has 0 spiro atoms. The van der Waals surface area contributed by atoms with Crippen molar-refractivity contribution >= 4 is 39.1 Å². The summed E-state index contributed by atoms with van der Waals surface area (Å²) in [5.74, 6) is -0.803. The molecule has 0 saturated heterocycles. The molecule has 0 fully saturated rings. The molecular weight excluding hydrogens is 522 g/mol. The number of sulfonamides is 1. The molecule has 202 valence electrons. The first-order valence-corrected chi connectivity index (χ1v) is 14.4. The van der Waals surface area contributed by atoms with Crippen LogP contribution >= 0.6 is 11.6 Å². The topological polar surface area (TPSA) is 86.8 Å². The molecule has 0 radical (unpaired) electrons. The summed E-state index contributed by atoms with van der Waals surface area (Å²) < 4.78 is 28.5. The van der Waals surface area contributed by atoms with Gasteiger partial charge in [-0.15, -0.1) is 0 Å². The van der Waals surface area contributed by atoms with Crippen LogP contribution in [-0.4, -0.2) is 50.3 Å². The van der Waals surface area contributed by atoms with Crippen LogP contribution < -0.4 is 9.62 Å². The number of anilines is 1. The van der Waals surface area contributed by atoms with E-state index >= 15 is 0 Å². The second-order valence-electron chi connectivity index (χ2n) is 9.09. The maximum Gasteiger partial charge on any atom is 0.264 e. The Morgan fingerprint density at radius 3 is 2.08 bits per heavy atom. The summed E-state index contributed by atoms with van der Waals surface area (Å²) in [6.45, 7) is 5.23. The smallest absolute Gasteiger partial charge is 0.264 e. The molecule has 0 aromatic heterocycles. The summed E-state index contributed by atoms with van der Waals surface area (Å²) in [6.07, 6.45) is 1.25. The van der Waals surface area contributed by atoms with E-state index < -0.39 is 28.5 Å². The van der Waals surface area contributed by atoms with E-state index in [1.807, 2.05) is 44.2 Å². The molecule has 1 N–H and O–H groups in total. The predicted octanol–water partition coefficient (Wildman–Crippen LogP) is 4.91. The fourth-order valence-electron chi connectivity index (χ4n) is 3.92. The molecule has 0 aliphatic carbocycles. The predicted molar refractivity (Wildman–Crippen MR) is 152 cm³/mol. The maximum absolute atomic E-state index is 13.8. The van der Waals surface area contributed by atoms with Gasteiger partial charge in [0.25, 0.3) is 10.0 Å². The molecule has 2 amide bonds. The molecule has 3 rings (SSSR count). The van der Waals surface area contributed by atoms with Crippen LogP contribution in [0.15, 0.2) is 89.8 Å². The number of hydrogen-bond acceptors (Lipinski definition) is 4. The maximum atomic E-state index is 13.8. The number of hydrogen-bond donors (Lipinski definition) is 1. The lowest BCUT2D eigenvalue weighted by Crippen LogP contribution is -2.53. The van der Waals surface area contributed by atoms with Gasteiger partial charge in [-0.2, -0.15) is 0 Å². The highest BCUT2D eigenvalue weighted by Crippen LogP contribution is 2.30. The highest BCUT2D eigenvalue weighted by atomic mass is 35.5. The van der Waals surface area contributed by atoms with Gasteiger partial charge in [0.05, 0.1) is 15.6 Å². The molecule has 0 aliphatic heterocycles. The average Bonchev–Trinajstić information content (AvgIpc) is 2.93. The Labute approximate surface area is 230 Å². The third-order valence-corrected chi connectivity index (χ3v) is 8.48. The Kier molecular flexibility index (Phi) is 10.3. The molecule has 3 aromatic carbocycles. The molecule has 0 saturated carbocycles. The van der Waals surface area contributed by atoms with Crippen LogP contribution in [0, 0.1) is 0 Å². The van der Waals surface area contributed by atoms with Crippen molar-refractivity contribution in [3.63, 3.8) is 0 Å². The summed E-state index contributed by atoms with van der Waals surface area (Å²) >= 11 is 6.41. The molecule has 7 nitrogen and oxygen atoms in total. The van der Waals surface area contributed by atoms with Crippen molar-refractivity contribution in [2.24, 2.45) is 0 Å². The van der Waals surface area contributed by atoms with Gasteiger partial charge in [0.1, 0.15) is 12.6 Å². The first-order chi connectivity index (χ1) is 18.1. The molecule has 0 aliphatic rings. The minimum absolute atomic E-state index is 0.0334. The van der Waals surface area contributed by atoms with Crippen molar-refractivity contribution in [1.29, 1.82) is 0 Å². The van der Waals surface area contributed by atoms with Crippen molar-refractivity contribution in [3.8, 4) is 0 Å². The normalized spacial score (nSPS) is 12.8. The van der Waals surface area contributed by atoms with Crippen LogP contribution in [-0.2, 0) is 26.0 Å². The van der Waals surface area contributed by atoms with Gasteiger partial charge in [0.15, 0.2) is 0 Å². The third kappa shape index (κ3) is 7.36.